The molecule has 0 saturated carbocycles. The van der Waals surface area contributed by atoms with Crippen molar-refractivity contribution in [3.05, 3.63) is 0 Å². The van der Waals surface area contributed by atoms with E-state index in [1.807, 2.05) is 20.8 Å². The van der Waals surface area contributed by atoms with Crippen molar-refractivity contribution in [3.63, 3.8) is 0 Å². The SMILES string of the molecule is CCC(CNC(=O)[C@@H](N)[C@@H](C)CC)CC(=O)O. The molecular weight excluding hydrogens is 220 g/mol. The van der Waals surface area contributed by atoms with Crippen LogP contribution < -0.4 is 11.1 Å². The Kier molecular flexibility index (Phi) is 7.54. The third-order valence-corrected chi connectivity index (χ3v) is 3.17. The third-order valence-electron chi connectivity index (χ3n) is 3.17. The molecule has 0 spiro atoms. The van der Waals surface area contributed by atoms with Gasteiger partial charge in [0.15, 0.2) is 0 Å². The fourth-order valence-electron chi connectivity index (χ4n) is 1.48. The summed E-state index contributed by atoms with van der Waals surface area (Å²) in [5.74, 6) is -0.921. The molecule has 5 heteroatoms. The van der Waals surface area contributed by atoms with Crippen LogP contribution in [0, 0.1) is 11.8 Å². The van der Waals surface area contributed by atoms with Gasteiger partial charge in [-0.3, -0.25) is 9.59 Å². The van der Waals surface area contributed by atoms with Crippen molar-refractivity contribution in [2.45, 2.75) is 46.1 Å². The van der Waals surface area contributed by atoms with Crippen LogP contribution in [-0.2, 0) is 9.59 Å². The van der Waals surface area contributed by atoms with E-state index in [2.05, 4.69) is 5.32 Å². The maximum absolute atomic E-state index is 11.7. The molecule has 0 aliphatic carbocycles. The number of nitrogens with one attached hydrogen (secondary N) is 1. The summed E-state index contributed by atoms with van der Waals surface area (Å²) in [4.78, 5) is 22.2. The van der Waals surface area contributed by atoms with E-state index in [-0.39, 0.29) is 24.2 Å². The minimum atomic E-state index is -0.836. The van der Waals surface area contributed by atoms with Crippen molar-refractivity contribution in [2.24, 2.45) is 17.6 Å². The molecule has 0 fully saturated rings. The molecule has 17 heavy (non-hydrogen) atoms. The fourth-order valence-corrected chi connectivity index (χ4v) is 1.48. The van der Waals surface area contributed by atoms with E-state index in [4.69, 9.17) is 10.8 Å². The molecule has 0 heterocycles. The molecule has 0 aromatic heterocycles. The van der Waals surface area contributed by atoms with Gasteiger partial charge in [0, 0.05) is 13.0 Å². The second-order valence-corrected chi connectivity index (χ2v) is 4.53. The van der Waals surface area contributed by atoms with Crippen LogP contribution in [0.5, 0.6) is 0 Å². The van der Waals surface area contributed by atoms with E-state index >= 15 is 0 Å². The van der Waals surface area contributed by atoms with Crippen LogP contribution in [-0.4, -0.2) is 29.6 Å². The highest BCUT2D eigenvalue weighted by molar-refractivity contribution is 5.81. The first-order valence-corrected chi connectivity index (χ1v) is 6.17. The number of carbonyl (C=O) groups is 2. The van der Waals surface area contributed by atoms with Crippen molar-refractivity contribution in [3.8, 4) is 0 Å². The predicted molar refractivity (Wildman–Crippen MR) is 66.5 cm³/mol. The van der Waals surface area contributed by atoms with E-state index < -0.39 is 12.0 Å². The average Bonchev–Trinajstić information content (AvgIpc) is 2.31. The molecule has 4 N–H and O–H groups in total. The number of carbonyl (C=O) groups excluding carboxylic acids is 1. The number of amides is 1. The van der Waals surface area contributed by atoms with Crippen LogP contribution in [0.3, 0.4) is 0 Å². The van der Waals surface area contributed by atoms with Gasteiger partial charge in [0.1, 0.15) is 0 Å². The number of aliphatic carboxylic acids is 1. The quantitative estimate of drug-likeness (QED) is 0.593. The Balaban J connectivity index is 4.08. The van der Waals surface area contributed by atoms with Crippen LogP contribution in [0.15, 0.2) is 0 Å². The Bertz CT molecular complexity index is 256. The van der Waals surface area contributed by atoms with Gasteiger partial charge in [0.2, 0.25) is 5.91 Å². The molecule has 5 nitrogen and oxygen atoms in total. The van der Waals surface area contributed by atoms with Crippen LogP contribution in [0.25, 0.3) is 0 Å². The van der Waals surface area contributed by atoms with Gasteiger partial charge < -0.3 is 16.2 Å². The molecule has 100 valence electrons. The highest BCUT2D eigenvalue weighted by Gasteiger charge is 2.20. The molecule has 1 unspecified atom stereocenters. The van der Waals surface area contributed by atoms with Crippen molar-refractivity contribution >= 4 is 11.9 Å². The van der Waals surface area contributed by atoms with Crippen LogP contribution in [0.4, 0.5) is 0 Å². The lowest BCUT2D eigenvalue weighted by Crippen LogP contribution is -2.46. The maximum atomic E-state index is 11.7. The number of rotatable bonds is 8. The summed E-state index contributed by atoms with van der Waals surface area (Å²) >= 11 is 0. The van der Waals surface area contributed by atoms with Gasteiger partial charge in [-0.15, -0.1) is 0 Å². The zero-order valence-electron chi connectivity index (χ0n) is 10.9. The molecule has 0 saturated heterocycles. The number of carboxylic acids is 1. The fraction of sp³-hybridized carbons (Fsp3) is 0.833. The third kappa shape index (κ3) is 6.26. The number of nitrogens with two attached hydrogens (primary N) is 1. The Hall–Kier alpha value is -1.10. The zero-order valence-corrected chi connectivity index (χ0v) is 10.9. The van der Waals surface area contributed by atoms with Crippen molar-refractivity contribution in [2.75, 3.05) is 6.54 Å². The second kappa shape index (κ2) is 8.06. The highest BCUT2D eigenvalue weighted by atomic mass is 16.4. The molecule has 0 bridgehead atoms. The van der Waals surface area contributed by atoms with E-state index in [1.54, 1.807) is 0 Å². The van der Waals surface area contributed by atoms with Crippen molar-refractivity contribution in [1.29, 1.82) is 0 Å². The van der Waals surface area contributed by atoms with Crippen LogP contribution >= 0.6 is 0 Å². The minimum absolute atomic E-state index is 0.0272. The summed E-state index contributed by atoms with van der Waals surface area (Å²) in [6.07, 6.45) is 1.65. The average molecular weight is 244 g/mol. The summed E-state index contributed by atoms with van der Waals surface area (Å²) in [5.41, 5.74) is 5.77. The lowest BCUT2D eigenvalue weighted by molar-refractivity contribution is -0.138. The van der Waals surface area contributed by atoms with Gasteiger partial charge >= 0.3 is 5.97 Å². The smallest absolute Gasteiger partial charge is 0.303 e. The van der Waals surface area contributed by atoms with E-state index in [0.29, 0.717) is 6.54 Å². The number of carboxylic acid groups (broad SMARTS) is 1. The lowest BCUT2D eigenvalue weighted by atomic mass is 9.98. The van der Waals surface area contributed by atoms with Crippen molar-refractivity contribution in [1.82, 2.24) is 5.32 Å². The van der Waals surface area contributed by atoms with E-state index in [0.717, 1.165) is 12.8 Å². The van der Waals surface area contributed by atoms with Gasteiger partial charge in [-0.1, -0.05) is 33.6 Å². The Morgan fingerprint density at radius 3 is 2.29 bits per heavy atom. The largest absolute Gasteiger partial charge is 0.481 e. The lowest BCUT2D eigenvalue weighted by Gasteiger charge is -2.19. The number of hydrogen-bond donors (Lipinski definition) is 3. The summed E-state index contributed by atoms with van der Waals surface area (Å²) in [6, 6.07) is -0.512. The maximum Gasteiger partial charge on any atom is 0.303 e. The molecule has 0 aliphatic heterocycles. The molecule has 0 radical (unpaired) electrons. The molecule has 0 aliphatic rings. The molecule has 0 aromatic rings. The van der Waals surface area contributed by atoms with Crippen LogP contribution in [0.1, 0.15) is 40.0 Å². The van der Waals surface area contributed by atoms with Crippen molar-refractivity contribution < 1.29 is 14.7 Å². The first-order valence-electron chi connectivity index (χ1n) is 6.17. The monoisotopic (exact) mass is 244 g/mol. The first-order chi connectivity index (χ1) is 7.92. The van der Waals surface area contributed by atoms with Gasteiger partial charge in [0.25, 0.3) is 0 Å². The molecule has 0 aromatic carbocycles. The second-order valence-electron chi connectivity index (χ2n) is 4.53. The van der Waals surface area contributed by atoms with E-state index in [9.17, 15) is 9.59 Å². The normalized spacial score (nSPS) is 16.0. The zero-order chi connectivity index (χ0) is 13.4. The minimum Gasteiger partial charge on any atom is -0.481 e. The Morgan fingerprint density at radius 2 is 1.88 bits per heavy atom. The first kappa shape index (κ1) is 15.9. The molecule has 1 amide bonds. The van der Waals surface area contributed by atoms with Gasteiger partial charge in [-0.2, -0.15) is 0 Å². The molecular formula is C12H24N2O3. The Labute approximate surface area is 103 Å². The molecule has 0 rings (SSSR count). The van der Waals surface area contributed by atoms with Gasteiger partial charge in [-0.05, 0) is 11.8 Å². The predicted octanol–water partition coefficient (Wildman–Crippen LogP) is 0.977. The van der Waals surface area contributed by atoms with Gasteiger partial charge in [-0.25, -0.2) is 0 Å². The summed E-state index contributed by atoms with van der Waals surface area (Å²) in [7, 11) is 0. The van der Waals surface area contributed by atoms with Crippen LogP contribution in [0.2, 0.25) is 0 Å². The summed E-state index contributed by atoms with van der Waals surface area (Å²) < 4.78 is 0. The Morgan fingerprint density at radius 1 is 1.29 bits per heavy atom. The van der Waals surface area contributed by atoms with E-state index in [1.165, 1.54) is 0 Å². The summed E-state index contributed by atoms with van der Waals surface area (Å²) in [6.45, 7) is 6.20. The highest BCUT2D eigenvalue weighted by Crippen LogP contribution is 2.08. The standard InChI is InChI=1S/C12H24N2O3/c1-4-8(3)11(13)12(17)14-7-9(5-2)6-10(15)16/h8-9,11H,4-7,13H2,1-3H3,(H,14,17)(H,15,16)/t8-,9?,11-/m0/s1. The summed E-state index contributed by atoms with van der Waals surface area (Å²) in [5, 5.41) is 11.4. The topological polar surface area (TPSA) is 92.4 Å². The number of hydrogen-bond acceptors (Lipinski definition) is 3. The van der Waals surface area contributed by atoms with Gasteiger partial charge in [0.05, 0.1) is 6.04 Å². The molecule has 3 atom stereocenters.